The van der Waals surface area contributed by atoms with E-state index >= 15 is 0 Å². The zero-order chi connectivity index (χ0) is 24.1. The third kappa shape index (κ3) is 5.12. The van der Waals surface area contributed by atoms with Crippen LogP contribution in [0, 0.1) is 5.82 Å². The van der Waals surface area contributed by atoms with Crippen molar-refractivity contribution in [2.75, 3.05) is 7.11 Å². The van der Waals surface area contributed by atoms with Crippen molar-refractivity contribution in [1.82, 2.24) is 0 Å². The summed E-state index contributed by atoms with van der Waals surface area (Å²) in [5.41, 5.74) is 0.821. The van der Waals surface area contributed by atoms with Gasteiger partial charge in [0.1, 0.15) is 18.2 Å². The summed E-state index contributed by atoms with van der Waals surface area (Å²) in [4.78, 5) is 37.8. The summed E-state index contributed by atoms with van der Waals surface area (Å²) < 4.78 is 34.4. The standard InChI is InChI=1S/C26H19FO7/c1-31-26(30)22-14-20(28)24(32-15-17-5-3-2-4-6-17)25(34-22)23(29)21-12-11-19(33-21)13-16-7-9-18(27)10-8-16/h2-12,14H,13,15H2,1H3. The van der Waals surface area contributed by atoms with Gasteiger partial charge in [0.15, 0.2) is 5.76 Å². The third-order valence-electron chi connectivity index (χ3n) is 4.90. The van der Waals surface area contributed by atoms with Crippen LogP contribution in [0.15, 0.2) is 86.4 Å². The normalized spacial score (nSPS) is 10.6. The van der Waals surface area contributed by atoms with E-state index in [9.17, 15) is 18.8 Å². The number of methoxy groups -OCH3 is 1. The SMILES string of the molecule is COC(=O)c1cc(=O)c(OCc2ccccc2)c(C(=O)c2ccc(Cc3ccc(F)cc3)o2)o1. The fraction of sp³-hybridized carbons (Fsp3) is 0.115. The van der Waals surface area contributed by atoms with Gasteiger partial charge in [0.25, 0.3) is 5.78 Å². The lowest BCUT2D eigenvalue weighted by Crippen LogP contribution is -2.17. The number of furan rings is 1. The molecule has 34 heavy (non-hydrogen) atoms. The molecule has 0 atom stereocenters. The Morgan fingerprint density at radius 3 is 2.32 bits per heavy atom. The molecule has 0 unspecified atom stereocenters. The molecule has 172 valence electrons. The first-order valence-electron chi connectivity index (χ1n) is 10.3. The zero-order valence-electron chi connectivity index (χ0n) is 18.1. The quantitative estimate of drug-likeness (QED) is 0.280. The summed E-state index contributed by atoms with van der Waals surface area (Å²) in [6, 6.07) is 18.8. The minimum atomic E-state index is -0.919. The second-order valence-corrected chi connectivity index (χ2v) is 7.30. The number of carbonyl (C=O) groups is 2. The van der Waals surface area contributed by atoms with Gasteiger partial charge >= 0.3 is 5.97 Å². The number of ether oxygens (including phenoxy) is 2. The highest BCUT2D eigenvalue weighted by Gasteiger charge is 2.27. The largest absolute Gasteiger partial charge is 0.481 e. The Morgan fingerprint density at radius 1 is 0.882 bits per heavy atom. The Balaban J connectivity index is 1.65. The van der Waals surface area contributed by atoms with E-state index in [0.29, 0.717) is 12.2 Å². The molecule has 0 saturated carbocycles. The maximum Gasteiger partial charge on any atom is 0.374 e. The Morgan fingerprint density at radius 2 is 1.62 bits per heavy atom. The summed E-state index contributed by atoms with van der Waals surface area (Å²) in [6.45, 7) is -0.00256. The van der Waals surface area contributed by atoms with E-state index in [1.807, 2.05) is 6.07 Å². The van der Waals surface area contributed by atoms with Crippen LogP contribution < -0.4 is 10.2 Å². The Bertz CT molecular complexity index is 1370. The summed E-state index contributed by atoms with van der Waals surface area (Å²) >= 11 is 0. The Labute approximate surface area is 193 Å². The van der Waals surface area contributed by atoms with Crippen LogP contribution in [0.5, 0.6) is 5.75 Å². The molecule has 0 saturated heterocycles. The van der Waals surface area contributed by atoms with Crippen LogP contribution in [0.1, 0.15) is 43.8 Å². The smallest absolute Gasteiger partial charge is 0.374 e. The van der Waals surface area contributed by atoms with Gasteiger partial charge in [0.05, 0.1) is 7.11 Å². The average molecular weight is 462 g/mol. The monoisotopic (exact) mass is 462 g/mol. The molecule has 4 rings (SSSR count). The first-order chi connectivity index (χ1) is 16.4. The van der Waals surface area contributed by atoms with E-state index < -0.39 is 28.7 Å². The number of benzene rings is 2. The summed E-state index contributed by atoms with van der Waals surface area (Å²) in [6.07, 6.45) is 0.317. The van der Waals surface area contributed by atoms with Crippen molar-refractivity contribution in [3.05, 3.63) is 123 Å². The average Bonchev–Trinajstić information content (AvgIpc) is 3.32. The third-order valence-corrected chi connectivity index (χ3v) is 4.90. The topological polar surface area (TPSA) is 96.0 Å². The molecule has 0 N–H and O–H groups in total. The van der Waals surface area contributed by atoms with Crippen molar-refractivity contribution in [3.63, 3.8) is 0 Å². The van der Waals surface area contributed by atoms with E-state index in [-0.39, 0.29) is 23.9 Å². The van der Waals surface area contributed by atoms with E-state index in [1.165, 1.54) is 18.2 Å². The molecule has 2 aromatic carbocycles. The minimum Gasteiger partial charge on any atom is -0.481 e. The minimum absolute atomic E-state index is 0.00256. The first-order valence-corrected chi connectivity index (χ1v) is 10.3. The van der Waals surface area contributed by atoms with Crippen LogP contribution in [0.2, 0.25) is 0 Å². The number of hydrogen-bond donors (Lipinski definition) is 0. The number of halogens is 1. The molecule has 0 fully saturated rings. The lowest BCUT2D eigenvalue weighted by atomic mass is 10.1. The predicted molar refractivity (Wildman–Crippen MR) is 118 cm³/mol. The van der Waals surface area contributed by atoms with Crippen molar-refractivity contribution < 1.29 is 32.3 Å². The van der Waals surface area contributed by atoms with Crippen molar-refractivity contribution in [1.29, 1.82) is 0 Å². The van der Waals surface area contributed by atoms with Crippen LogP contribution >= 0.6 is 0 Å². The predicted octanol–water partition coefficient (Wildman–Crippen LogP) is 4.56. The summed E-state index contributed by atoms with van der Waals surface area (Å²) in [5, 5.41) is 0. The van der Waals surface area contributed by atoms with E-state index in [4.69, 9.17) is 13.6 Å². The molecule has 0 spiro atoms. The first kappa shape index (κ1) is 22.7. The van der Waals surface area contributed by atoms with Crippen molar-refractivity contribution in [3.8, 4) is 5.75 Å². The van der Waals surface area contributed by atoms with Crippen molar-refractivity contribution in [2.24, 2.45) is 0 Å². The van der Waals surface area contributed by atoms with Gasteiger partial charge in [-0.2, -0.15) is 0 Å². The fourth-order valence-corrected chi connectivity index (χ4v) is 3.21. The second kappa shape index (κ2) is 9.99. The molecule has 7 nitrogen and oxygen atoms in total. The highest BCUT2D eigenvalue weighted by atomic mass is 19.1. The molecule has 8 heteroatoms. The van der Waals surface area contributed by atoms with E-state index in [0.717, 1.165) is 24.3 Å². The molecule has 0 aliphatic heterocycles. The van der Waals surface area contributed by atoms with Gasteiger partial charge in [0.2, 0.25) is 22.7 Å². The molecule has 2 aromatic heterocycles. The van der Waals surface area contributed by atoms with Gasteiger partial charge in [-0.3, -0.25) is 9.59 Å². The zero-order valence-corrected chi connectivity index (χ0v) is 18.1. The number of carbonyl (C=O) groups excluding carboxylic acids is 2. The van der Waals surface area contributed by atoms with Crippen LogP contribution in [0.25, 0.3) is 0 Å². The van der Waals surface area contributed by atoms with Crippen LogP contribution in [-0.4, -0.2) is 18.9 Å². The van der Waals surface area contributed by atoms with Gasteiger partial charge in [-0.1, -0.05) is 42.5 Å². The van der Waals surface area contributed by atoms with Gasteiger partial charge in [0, 0.05) is 12.5 Å². The number of rotatable bonds is 8. The molecular weight excluding hydrogens is 443 g/mol. The van der Waals surface area contributed by atoms with E-state index in [1.54, 1.807) is 42.5 Å². The maximum absolute atomic E-state index is 13.2. The van der Waals surface area contributed by atoms with Crippen molar-refractivity contribution in [2.45, 2.75) is 13.0 Å². The molecule has 0 aliphatic carbocycles. The van der Waals surface area contributed by atoms with Gasteiger partial charge in [-0.05, 0) is 35.4 Å². The Kier molecular flexibility index (Phi) is 6.68. The molecular formula is C26H19FO7. The second-order valence-electron chi connectivity index (χ2n) is 7.30. The lowest BCUT2D eigenvalue weighted by Gasteiger charge is -2.10. The maximum atomic E-state index is 13.2. The summed E-state index contributed by atoms with van der Waals surface area (Å²) in [7, 11) is 1.12. The molecule has 0 aliphatic rings. The van der Waals surface area contributed by atoms with Gasteiger partial charge < -0.3 is 18.3 Å². The van der Waals surface area contributed by atoms with Gasteiger partial charge in [-0.15, -0.1) is 0 Å². The Hall–Kier alpha value is -4.46. The number of hydrogen-bond acceptors (Lipinski definition) is 7. The highest BCUT2D eigenvalue weighted by molar-refractivity contribution is 6.07. The molecule has 0 radical (unpaired) electrons. The van der Waals surface area contributed by atoms with Crippen LogP contribution in [0.4, 0.5) is 4.39 Å². The van der Waals surface area contributed by atoms with E-state index in [2.05, 4.69) is 4.74 Å². The number of ketones is 1. The molecule has 2 heterocycles. The van der Waals surface area contributed by atoms with Crippen molar-refractivity contribution >= 4 is 11.8 Å². The van der Waals surface area contributed by atoms with Crippen LogP contribution in [0.3, 0.4) is 0 Å². The summed E-state index contributed by atoms with van der Waals surface area (Å²) in [5.74, 6) is -3.01. The number of esters is 1. The fourth-order valence-electron chi connectivity index (χ4n) is 3.21. The highest BCUT2D eigenvalue weighted by Crippen LogP contribution is 2.23. The lowest BCUT2D eigenvalue weighted by molar-refractivity contribution is 0.0558. The molecule has 4 aromatic rings. The molecule has 0 bridgehead atoms. The van der Waals surface area contributed by atoms with Crippen LogP contribution in [-0.2, 0) is 17.8 Å². The van der Waals surface area contributed by atoms with Gasteiger partial charge in [-0.25, -0.2) is 9.18 Å². The molecule has 0 amide bonds.